The minimum absolute atomic E-state index is 0.0960. The van der Waals surface area contributed by atoms with Gasteiger partial charge in [-0.05, 0) is 25.1 Å². The summed E-state index contributed by atoms with van der Waals surface area (Å²) in [5.74, 6) is 0.921. The van der Waals surface area contributed by atoms with Crippen LogP contribution in [0, 0.1) is 0 Å². The van der Waals surface area contributed by atoms with E-state index in [1.54, 1.807) is 6.26 Å². The quantitative estimate of drug-likeness (QED) is 0.785. The van der Waals surface area contributed by atoms with Gasteiger partial charge in [0.15, 0.2) is 0 Å². The number of nitrogens with zero attached hydrogens (tertiary/aromatic N) is 1. The van der Waals surface area contributed by atoms with Gasteiger partial charge in [-0.15, -0.1) is 0 Å². The van der Waals surface area contributed by atoms with Crippen molar-refractivity contribution < 1.29 is 4.42 Å². The lowest BCUT2D eigenvalue weighted by Crippen LogP contribution is -2.22. The Kier molecular flexibility index (Phi) is 3.19. The Morgan fingerprint density at radius 2 is 2.53 bits per heavy atom. The minimum atomic E-state index is 0.0960. The molecule has 0 saturated carbocycles. The Balaban J connectivity index is 2.17. The molecule has 4 nitrogen and oxygen atoms in total. The molecule has 1 unspecified atom stereocenters. The van der Waals surface area contributed by atoms with Gasteiger partial charge in [0.25, 0.3) is 0 Å². The number of rotatable bonds is 5. The van der Waals surface area contributed by atoms with Gasteiger partial charge in [0, 0.05) is 11.8 Å². The first-order valence-corrected chi connectivity index (χ1v) is 5.17. The fourth-order valence-corrected chi connectivity index (χ4v) is 1.55. The molecule has 0 spiro atoms. The summed E-state index contributed by atoms with van der Waals surface area (Å²) in [6.07, 6.45) is 6.48. The lowest BCUT2D eigenvalue weighted by molar-refractivity contribution is 0.447. The molecule has 80 valence electrons. The molecular weight excluding hydrogens is 190 g/mol. The van der Waals surface area contributed by atoms with Gasteiger partial charge < -0.3 is 9.73 Å². The second-order valence-corrected chi connectivity index (χ2v) is 3.43. The van der Waals surface area contributed by atoms with E-state index in [1.165, 1.54) is 0 Å². The zero-order chi connectivity index (χ0) is 10.5. The molecule has 0 fully saturated rings. The van der Waals surface area contributed by atoms with Crippen molar-refractivity contribution in [1.29, 1.82) is 0 Å². The molecule has 0 aliphatic carbocycles. The maximum Gasteiger partial charge on any atom is 0.125 e. The van der Waals surface area contributed by atoms with Crippen molar-refractivity contribution in [2.75, 3.05) is 6.54 Å². The van der Waals surface area contributed by atoms with Crippen LogP contribution in [-0.2, 0) is 0 Å². The Bertz CT molecular complexity index is 332. The first-order valence-electron chi connectivity index (χ1n) is 5.17. The third kappa shape index (κ3) is 2.27. The van der Waals surface area contributed by atoms with Crippen molar-refractivity contribution >= 4 is 0 Å². The highest BCUT2D eigenvalue weighted by molar-refractivity contribution is 5.21. The predicted octanol–water partition coefficient (Wildman–Crippen LogP) is 2.09. The van der Waals surface area contributed by atoms with Gasteiger partial charge in [-0.25, -0.2) is 0 Å². The van der Waals surface area contributed by atoms with Crippen LogP contribution in [0.4, 0.5) is 0 Å². The number of aromatic nitrogens is 2. The average Bonchev–Trinajstić information content (AvgIpc) is 2.90. The zero-order valence-corrected chi connectivity index (χ0v) is 8.73. The first kappa shape index (κ1) is 9.98. The summed E-state index contributed by atoms with van der Waals surface area (Å²) >= 11 is 0. The van der Waals surface area contributed by atoms with Crippen LogP contribution >= 0.6 is 0 Å². The number of hydrogen-bond acceptors (Lipinski definition) is 3. The van der Waals surface area contributed by atoms with Crippen molar-refractivity contribution in [3.63, 3.8) is 0 Å². The van der Waals surface area contributed by atoms with E-state index in [-0.39, 0.29) is 6.04 Å². The summed E-state index contributed by atoms with van der Waals surface area (Å²) in [6, 6.07) is 3.97. The molecule has 0 aliphatic heterocycles. The van der Waals surface area contributed by atoms with Crippen molar-refractivity contribution in [3.05, 3.63) is 42.1 Å². The normalized spacial score (nSPS) is 12.9. The monoisotopic (exact) mass is 205 g/mol. The van der Waals surface area contributed by atoms with Gasteiger partial charge in [0.2, 0.25) is 0 Å². The molecule has 0 aromatic carbocycles. The van der Waals surface area contributed by atoms with E-state index in [9.17, 15) is 0 Å². The summed E-state index contributed by atoms with van der Waals surface area (Å²) in [4.78, 5) is 0. The van der Waals surface area contributed by atoms with E-state index in [4.69, 9.17) is 4.42 Å². The van der Waals surface area contributed by atoms with Crippen molar-refractivity contribution in [2.24, 2.45) is 0 Å². The number of aromatic amines is 1. The number of furan rings is 1. The molecule has 15 heavy (non-hydrogen) atoms. The Morgan fingerprint density at radius 1 is 1.60 bits per heavy atom. The molecule has 2 rings (SSSR count). The van der Waals surface area contributed by atoms with E-state index in [0.717, 1.165) is 24.3 Å². The van der Waals surface area contributed by atoms with Crippen molar-refractivity contribution in [2.45, 2.75) is 19.4 Å². The molecule has 4 heteroatoms. The molecule has 2 aromatic heterocycles. The topological polar surface area (TPSA) is 53.9 Å². The summed E-state index contributed by atoms with van der Waals surface area (Å²) in [5, 5.41) is 10.2. The summed E-state index contributed by atoms with van der Waals surface area (Å²) in [7, 11) is 0. The SMILES string of the molecule is CCCNC(c1cn[nH]c1)c1ccco1. The number of H-pyrrole nitrogens is 1. The van der Waals surface area contributed by atoms with Gasteiger partial charge in [0.1, 0.15) is 5.76 Å². The van der Waals surface area contributed by atoms with E-state index in [1.807, 2.05) is 24.5 Å². The third-order valence-electron chi connectivity index (χ3n) is 2.28. The Morgan fingerprint density at radius 3 is 3.13 bits per heavy atom. The van der Waals surface area contributed by atoms with Gasteiger partial charge in [-0.1, -0.05) is 6.92 Å². The van der Waals surface area contributed by atoms with Gasteiger partial charge in [-0.2, -0.15) is 5.10 Å². The highest BCUT2D eigenvalue weighted by Gasteiger charge is 2.16. The van der Waals surface area contributed by atoms with Crippen LogP contribution in [-0.4, -0.2) is 16.7 Å². The van der Waals surface area contributed by atoms with Crippen LogP contribution in [0.3, 0.4) is 0 Å². The van der Waals surface area contributed by atoms with Crippen LogP contribution < -0.4 is 5.32 Å². The molecule has 0 amide bonds. The fraction of sp³-hybridized carbons (Fsp3) is 0.364. The van der Waals surface area contributed by atoms with Crippen LogP contribution in [0.1, 0.15) is 30.7 Å². The second kappa shape index (κ2) is 4.79. The maximum absolute atomic E-state index is 5.41. The molecule has 0 aliphatic rings. The predicted molar refractivity (Wildman–Crippen MR) is 57.4 cm³/mol. The standard InChI is InChI=1S/C11H15N3O/c1-2-5-12-11(9-7-13-14-8-9)10-4-3-6-15-10/h3-4,6-8,11-12H,2,5H2,1H3,(H,13,14). The first-order chi connectivity index (χ1) is 7.42. The molecule has 2 N–H and O–H groups in total. The molecule has 0 bridgehead atoms. The van der Waals surface area contributed by atoms with Crippen LogP contribution in [0.25, 0.3) is 0 Å². The molecule has 1 atom stereocenters. The van der Waals surface area contributed by atoms with E-state index < -0.39 is 0 Å². The Labute approximate surface area is 88.7 Å². The molecule has 2 heterocycles. The van der Waals surface area contributed by atoms with Gasteiger partial charge in [0.05, 0.1) is 18.5 Å². The van der Waals surface area contributed by atoms with Crippen molar-refractivity contribution in [3.8, 4) is 0 Å². The zero-order valence-electron chi connectivity index (χ0n) is 8.73. The highest BCUT2D eigenvalue weighted by Crippen LogP contribution is 2.21. The molecule has 0 saturated heterocycles. The van der Waals surface area contributed by atoms with E-state index in [2.05, 4.69) is 22.4 Å². The average molecular weight is 205 g/mol. The van der Waals surface area contributed by atoms with Crippen LogP contribution in [0.15, 0.2) is 35.2 Å². The maximum atomic E-state index is 5.41. The van der Waals surface area contributed by atoms with Gasteiger partial charge in [-0.3, -0.25) is 5.10 Å². The Hall–Kier alpha value is -1.55. The summed E-state index contributed by atoms with van der Waals surface area (Å²) < 4.78 is 5.41. The smallest absolute Gasteiger partial charge is 0.125 e. The molecular formula is C11H15N3O. The van der Waals surface area contributed by atoms with Crippen LogP contribution in [0.2, 0.25) is 0 Å². The van der Waals surface area contributed by atoms with E-state index >= 15 is 0 Å². The van der Waals surface area contributed by atoms with Crippen molar-refractivity contribution in [1.82, 2.24) is 15.5 Å². The highest BCUT2D eigenvalue weighted by atomic mass is 16.3. The second-order valence-electron chi connectivity index (χ2n) is 3.43. The molecule has 0 radical (unpaired) electrons. The van der Waals surface area contributed by atoms with E-state index in [0.29, 0.717) is 0 Å². The van der Waals surface area contributed by atoms with Gasteiger partial charge >= 0.3 is 0 Å². The largest absolute Gasteiger partial charge is 0.467 e. The minimum Gasteiger partial charge on any atom is -0.467 e. The summed E-state index contributed by atoms with van der Waals surface area (Å²) in [6.45, 7) is 3.10. The lowest BCUT2D eigenvalue weighted by Gasteiger charge is -2.14. The lowest BCUT2D eigenvalue weighted by atomic mass is 10.1. The summed E-state index contributed by atoms with van der Waals surface area (Å²) in [5.41, 5.74) is 1.10. The van der Waals surface area contributed by atoms with Crippen LogP contribution in [0.5, 0.6) is 0 Å². The fourth-order valence-electron chi connectivity index (χ4n) is 1.55. The number of nitrogens with one attached hydrogen (secondary N) is 2. The molecule has 2 aromatic rings. The third-order valence-corrected chi connectivity index (χ3v) is 2.28. The number of hydrogen-bond donors (Lipinski definition) is 2.